The number of alkyl carbamates (subject to hydrolysis) is 1. The van der Waals surface area contributed by atoms with Gasteiger partial charge in [-0.15, -0.1) is 6.58 Å². The van der Waals surface area contributed by atoms with Crippen molar-refractivity contribution in [1.82, 2.24) is 5.32 Å². The Morgan fingerprint density at radius 3 is 2.25 bits per heavy atom. The summed E-state index contributed by atoms with van der Waals surface area (Å²) in [5.74, 6) is 0. The van der Waals surface area contributed by atoms with Crippen LogP contribution in [0.2, 0.25) is 0 Å². The first-order chi connectivity index (χ1) is 7.10. The zero-order chi connectivity index (χ0) is 13.0. The van der Waals surface area contributed by atoms with Crippen LogP contribution >= 0.6 is 0 Å². The van der Waals surface area contributed by atoms with Gasteiger partial charge in [0.05, 0.1) is 0 Å². The van der Waals surface area contributed by atoms with Gasteiger partial charge in [-0.25, -0.2) is 13.6 Å². The van der Waals surface area contributed by atoms with Crippen LogP contribution in [-0.4, -0.2) is 23.7 Å². The maximum atomic E-state index is 12.7. The molecule has 0 rings (SSSR count). The van der Waals surface area contributed by atoms with Gasteiger partial charge < -0.3 is 10.1 Å². The zero-order valence-corrected chi connectivity index (χ0v) is 10.1. The minimum Gasteiger partial charge on any atom is -0.444 e. The summed E-state index contributed by atoms with van der Waals surface area (Å²) in [6.45, 7) is 9.64. The Hall–Kier alpha value is -1.13. The molecule has 3 nitrogen and oxygen atoms in total. The summed E-state index contributed by atoms with van der Waals surface area (Å²) in [6.07, 6.45) is -2.22. The van der Waals surface area contributed by atoms with Crippen LogP contribution in [0.4, 0.5) is 13.6 Å². The molecule has 0 fully saturated rings. The van der Waals surface area contributed by atoms with Crippen molar-refractivity contribution in [1.29, 1.82) is 0 Å². The molecule has 0 radical (unpaired) electrons. The second-order valence-corrected chi connectivity index (χ2v) is 4.84. The van der Waals surface area contributed by atoms with Crippen molar-refractivity contribution >= 4 is 6.09 Å². The fraction of sp³-hybridized carbons (Fsp3) is 0.727. The van der Waals surface area contributed by atoms with E-state index >= 15 is 0 Å². The van der Waals surface area contributed by atoms with Gasteiger partial charge in [0.25, 0.3) is 6.43 Å². The number of alkyl halides is 2. The van der Waals surface area contributed by atoms with Crippen LogP contribution in [0.1, 0.15) is 34.1 Å². The van der Waals surface area contributed by atoms with Gasteiger partial charge in [0.1, 0.15) is 11.1 Å². The maximum Gasteiger partial charge on any atom is 0.408 e. The third-order valence-electron chi connectivity index (χ3n) is 1.84. The number of ether oxygens (including phenoxy) is 1. The Morgan fingerprint density at radius 1 is 1.44 bits per heavy atom. The van der Waals surface area contributed by atoms with Crippen LogP contribution in [-0.2, 0) is 4.74 Å². The van der Waals surface area contributed by atoms with E-state index in [1.165, 1.54) is 13.0 Å². The third kappa shape index (κ3) is 5.09. The molecule has 1 atom stereocenters. The largest absolute Gasteiger partial charge is 0.444 e. The topological polar surface area (TPSA) is 38.3 Å². The van der Waals surface area contributed by atoms with E-state index in [0.717, 1.165) is 0 Å². The molecular weight excluding hydrogens is 216 g/mol. The number of halogens is 2. The smallest absolute Gasteiger partial charge is 0.408 e. The molecule has 1 amide bonds. The molecule has 0 saturated carbocycles. The lowest BCUT2D eigenvalue weighted by molar-refractivity contribution is 0.0138. The van der Waals surface area contributed by atoms with Crippen LogP contribution < -0.4 is 5.32 Å². The number of amides is 1. The van der Waals surface area contributed by atoms with E-state index in [9.17, 15) is 13.6 Å². The molecule has 0 aliphatic rings. The summed E-state index contributed by atoms with van der Waals surface area (Å²) in [5.41, 5.74) is -2.34. The number of carbonyl (C=O) groups is 1. The summed E-state index contributed by atoms with van der Waals surface area (Å²) in [6, 6.07) is 0. The Bertz CT molecular complexity index is 261. The van der Waals surface area contributed by atoms with Crippen LogP contribution in [0, 0.1) is 0 Å². The molecule has 0 aromatic rings. The normalized spacial score (nSPS) is 15.4. The highest BCUT2D eigenvalue weighted by Gasteiger charge is 2.36. The van der Waals surface area contributed by atoms with E-state index in [2.05, 4.69) is 11.9 Å². The van der Waals surface area contributed by atoms with E-state index in [0.29, 0.717) is 0 Å². The zero-order valence-electron chi connectivity index (χ0n) is 10.1. The highest BCUT2D eigenvalue weighted by atomic mass is 19.3. The molecule has 94 valence electrons. The summed E-state index contributed by atoms with van der Waals surface area (Å²) in [7, 11) is 0. The molecule has 0 aromatic carbocycles. The fourth-order valence-electron chi connectivity index (χ4n) is 1.03. The Kier molecular flexibility index (Phi) is 4.90. The van der Waals surface area contributed by atoms with E-state index in [-0.39, 0.29) is 6.42 Å². The van der Waals surface area contributed by atoms with Crippen molar-refractivity contribution in [2.24, 2.45) is 0 Å². The first-order valence-corrected chi connectivity index (χ1v) is 5.01. The molecular formula is C11H19F2NO2. The second kappa shape index (κ2) is 5.27. The predicted molar refractivity (Wildman–Crippen MR) is 58.6 cm³/mol. The third-order valence-corrected chi connectivity index (χ3v) is 1.84. The SMILES string of the molecule is C=CCC(C)(NC(=O)OC(C)(C)C)C(F)F. The number of carbonyl (C=O) groups excluding carboxylic acids is 1. The average Bonchev–Trinajstić information content (AvgIpc) is 1.99. The molecule has 0 bridgehead atoms. The minimum absolute atomic E-state index is 0.0239. The standard InChI is InChI=1S/C11H19F2NO2/c1-6-7-11(5,8(12)13)14-9(15)16-10(2,3)4/h6,8H,1,7H2,2-5H3,(H,14,15). The molecule has 0 heterocycles. The summed E-state index contributed by atoms with van der Waals surface area (Å²) in [5, 5.41) is 2.17. The molecule has 0 aliphatic heterocycles. The molecule has 16 heavy (non-hydrogen) atoms. The lowest BCUT2D eigenvalue weighted by Gasteiger charge is -2.30. The van der Waals surface area contributed by atoms with Crippen LogP contribution in [0.15, 0.2) is 12.7 Å². The van der Waals surface area contributed by atoms with Crippen LogP contribution in [0.5, 0.6) is 0 Å². The van der Waals surface area contributed by atoms with E-state index in [1.807, 2.05) is 0 Å². The van der Waals surface area contributed by atoms with Crippen molar-refractivity contribution < 1.29 is 18.3 Å². The highest BCUT2D eigenvalue weighted by molar-refractivity contribution is 5.68. The summed E-state index contributed by atoms with van der Waals surface area (Å²) in [4.78, 5) is 11.4. The lowest BCUT2D eigenvalue weighted by atomic mass is 9.99. The Labute approximate surface area is 94.9 Å². The number of hydrogen-bond donors (Lipinski definition) is 1. The van der Waals surface area contributed by atoms with Crippen molar-refractivity contribution in [3.05, 3.63) is 12.7 Å². The van der Waals surface area contributed by atoms with Gasteiger partial charge in [-0.3, -0.25) is 0 Å². The molecule has 0 aliphatic carbocycles. The van der Waals surface area contributed by atoms with Crippen molar-refractivity contribution in [2.45, 2.75) is 51.7 Å². The van der Waals surface area contributed by atoms with Crippen molar-refractivity contribution in [2.75, 3.05) is 0 Å². The van der Waals surface area contributed by atoms with Gasteiger partial charge in [-0.05, 0) is 34.1 Å². The van der Waals surface area contributed by atoms with Gasteiger partial charge in [-0.1, -0.05) is 6.08 Å². The maximum absolute atomic E-state index is 12.7. The Morgan fingerprint density at radius 2 is 1.94 bits per heavy atom. The molecule has 1 N–H and O–H groups in total. The molecule has 5 heteroatoms. The molecule has 0 spiro atoms. The van der Waals surface area contributed by atoms with Crippen LogP contribution in [0.3, 0.4) is 0 Å². The van der Waals surface area contributed by atoms with Gasteiger partial charge in [0, 0.05) is 0 Å². The monoisotopic (exact) mass is 235 g/mol. The first-order valence-electron chi connectivity index (χ1n) is 5.01. The van der Waals surface area contributed by atoms with E-state index in [4.69, 9.17) is 4.74 Å². The second-order valence-electron chi connectivity index (χ2n) is 4.84. The molecule has 0 aromatic heterocycles. The summed E-state index contributed by atoms with van der Waals surface area (Å²) < 4.78 is 30.4. The van der Waals surface area contributed by atoms with Crippen molar-refractivity contribution in [3.8, 4) is 0 Å². The quantitative estimate of drug-likeness (QED) is 0.760. The highest BCUT2D eigenvalue weighted by Crippen LogP contribution is 2.20. The van der Waals surface area contributed by atoms with Crippen molar-refractivity contribution in [3.63, 3.8) is 0 Å². The van der Waals surface area contributed by atoms with E-state index < -0.39 is 23.7 Å². The predicted octanol–water partition coefficient (Wildman–Crippen LogP) is 3.11. The first kappa shape index (κ1) is 14.9. The number of nitrogens with one attached hydrogen (secondary N) is 1. The molecule has 1 unspecified atom stereocenters. The van der Waals surface area contributed by atoms with E-state index in [1.54, 1.807) is 20.8 Å². The fourth-order valence-corrected chi connectivity index (χ4v) is 1.03. The van der Waals surface area contributed by atoms with Crippen LogP contribution in [0.25, 0.3) is 0 Å². The van der Waals surface area contributed by atoms with Gasteiger partial charge in [0.15, 0.2) is 0 Å². The average molecular weight is 235 g/mol. The number of rotatable bonds is 4. The lowest BCUT2D eigenvalue weighted by Crippen LogP contribution is -2.52. The Balaban J connectivity index is 4.53. The van der Waals surface area contributed by atoms with Gasteiger partial charge >= 0.3 is 6.09 Å². The molecule has 0 saturated heterocycles. The summed E-state index contributed by atoms with van der Waals surface area (Å²) >= 11 is 0. The minimum atomic E-state index is -2.68. The number of hydrogen-bond acceptors (Lipinski definition) is 2. The van der Waals surface area contributed by atoms with Gasteiger partial charge in [-0.2, -0.15) is 0 Å². The van der Waals surface area contributed by atoms with Gasteiger partial charge in [0.2, 0.25) is 0 Å².